The summed E-state index contributed by atoms with van der Waals surface area (Å²) < 4.78 is 2.39. The first-order chi connectivity index (χ1) is 12.6. The summed E-state index contributed by atoms with van der Waals surface area (Å²) in [6.07, 6.45) is 6.70. The van der Waals surface area contributed by atoms with Crippen LogP contribution in [0.3, 0.4) is 0 Å². The van der Waals surface area contributed by atoms with E-state index in [0.717, 1.165) is 5.56 Å². The molecule has 0 radical (unpaired) electrons. The lowest BCUT2D eigenvalue weighted by atomic mass is 10.0. The second-order valence-electron chi connectivity index (χ2n) is 6.84. The van der Waals surface area contributed by atoms with Gasteiger partial charge in [0.15, 0.2) is 5.92 Å². The van der Waals surface area contributed by atoms with E-state index in [1.54, 1.807) is 18.3 Å². The number of aromatic nitrogens is 1. The standard InChI is InChI=1S/C21H24N4O/c1-15-12-18(16(2)25(15)19-10-6-7-11-19)14-23-24-21(26)20(13-22)17-8-4-3-5-9-17/h3-5,8-9,12,14,19-20H,6-7,10-11H2,1-2H3,(H,24,26)/b23-14-/t20-/m0/s1. The number of nitriles is 1. The predicted octanol–water partition coefficient (Wildman–Crippen LogP) is 3.98. The molecule has 1 aliphatic carbocycles. The van der Waals surface area contributed by atoms with Crippen LogP contribution in [-0.2, 0) is 4.79 Å². The number of hydrogen-bond acceptors (Lipinski definition) is 3. The Morgan fingerprint density at radius 3 is 2.65 bits per heavy atom. The molecule has 1 aromatic heterocycles. The molecule has 1 fully saturated rings. The van der Waals surface area contributed by atoms with Gasteiger partial charge >= 0.3 is 0 Å². The van der Waals surface area contributed by atoms with E-state index in [1.807, 2.05) is 24.3 Å². The van der Waals surface area contributed by atoms with Gasteiger partial charge in [-0.25, -0.2) is 5.43 Å². The molecule has 1 heterocycles. The number of nitrogens with zero attached hydrogens (tertiary/aromatic N) is 3. The molecule has 0 saturated heterocycles. The number of rotatable bonds is 5. The summed E-state index contributed by atoms with van der Waals surface area (Å²) in [7, 11) is 0. The molecule has 1 atom stereocenters. The van der Waals surface area contributed by atoms with Crippen molar-refractivity contribution in [2.45, 2.75) is 51.5 Å². The largest absolute Gasteiger partial charge is 0.345 e. The maximum Gasteiger partial charge on any atom is 0.261 e. The second-order valence-corrected chi connectivity index (χ2v) is 6.84. The van der Waals surface area contributed by atoms with E-state index in [9.17, 15) is 10.1 Å². The first kappa shape index (κ1) is 17.9. The Labute approximate surface area is 154 Å². The van der Waals surface area contributed by atoms with E-state index >= 15 is 0 Å². The molecule has 1 N–H and O–H groups in total. The number of aryl methyl sites for hydroxylation is 1. The number of hydrogen-bond donors (Lipinski definition) is 1. The van der Waals surface area contributed by atoms with E-state index in [1.165, 1.54) is 37.1 Å². The molecule has 1 saturated carbocycles. The number of carbonyl (C=O) groups excluding carboxylic acids is 1. The average molecular weight is 348 g/mol. The minimum Gasteiger partial charge on any atom is -0.345 e. The van der Waals surface area contributed by atoms with E-state index in [2.05, 4.69) is 35.0 Å². The summed E-state index contributed by atoms with van der Waals surface area (Å²) in [5.74, 6) is -1.28. The SMILES string of the molecule is Cc1cc(/C=N\NC(=O)[C@@H](C#N)c2ccccc2)c(C)n1C1CCCC1. The van der Waals surface area contributed by atoms with Crippen LogP contribution in [0.4, 0.5) is 0 Å². The maximum absolute atomic E-state index is 12.3. The van der Waals surface area contributed by atoms with Gasteiger partial charge in [0.1, 0.15) is 0 Å². The van der Waals surface area contributed by atoms with Crippen LogP contribution in [0.25, 0.3) is 0 Å². The van der Waals surface area contributed by atoms with Gasteiger partial charge in [-0.05, 0) is 38.3 Å². The lowest BCUT2D eigenvalue weighted by molar-refractivity contribution is -0.121. The van der Waals surface area contributed by atoms with Crippen molar-refractivity contribution < 1.29 is 4.79 Å². The van der Waals surface area contributed by atoms with Crippen molar-refractivity contribution in [3.8, 4) is 6.07 Å². The number of amides is 1. The summed E-state index contributed by atoms with van der Waals surface area (Å²) in [6, 6.07) is 13.7. The van der Waals surface area contributed by atoms with Crippen LogP contribution in [0.1, 0.15) is 60.2 Å². The zero-order valence-corrected chi connectivity index (χ0v) is 15.3. The Hall–Kier alpha value is -2.87. The number of hydrazone groups is 1. The highest BCUT2D eigenvalue weighted by Crippen LogP contribution is 2.33. The predicted molar refractivity (Wildman–Crippen MR) is 102 cm³/mol. The fraction of sp³-hybridized carbons (Fsp3) is 0.381. The fourth-order valence-electron chi connectivity index (χ4n) is 3.82. The molecule has 5 nitrogen and oxygen atoms in total. The molecule has 26 heavy (non-hydrogen) atoms. The molecule has 0 aliphatic heterocycles. The second kappa shape index (κ2) is 8.01. The molecule has 1 amide bonds. The van der Waals surface area contributed by atoms with Crippen molar-refractivity contribution in [1.29, 1.82) is 5.26 Å². The third kappa shape index (κ3) is 3.70. The first-order valence-corrected chi connectivity index (χ1v) is 9.07. The van der Waals surface area contributed by atoms with Gasteiger partial charge in [-0.3, -0.25) is 4.79 Å². The quantitative estimate of drug-likeness (QED) is 0.656. The summed E-state index contributed by atoms with van der Waals surface area (Å²) >= 11 is 0. The number of benzene rings is 1. The molecule has 0 bridgehead atoms. The smallest absolute Gasteiger partial charge is 0.261 e. The van der Waals surface area contributed by atoms with E-state index in [4.69, 9.17) is 0 Å². The summed E-state index contributed by atoms with van der Waals surface area (Å²) in [5, 5.41) is 13.4. The van der Waals surface area contributed by atoms with Crippen LogP contribution in [0.15, 0.2) is 41.5 Å². The van der Waals surface area contributed by atoms with Gasteiger partial charge < -0.3 is 4.57 Å². The van der Waals surface area contributed by atoms with E-state index in [-0.39, 0.29) is 0 Å². The van der Waals surface area contributed by atoms with Crippen LogP contribution >= 0.6 is 0 Å². The van der Waals surface area contributed by atoms with Crippen molar-refractivity contribution >= 4 is 12.1 Å². The third-order valence-corrected chi connectivity index (χ3v) is 5.12. The summed E-state index contributed by atoms with van der Waals surface area (Å²) in [5.41, 5.74) is 6.57. The van der Waals surface area contributed by atoms with Gasteiger partial charge in [0.25, 0.3) is 5.91 Å². The van der Waals surface area contributed by atoms with Crippen LogP contribution in [0, 0.1) is 25.2 Å². The van der Waals surface area contributed by atoms with Gasteiger partial charge in [-0.15, -0.1) is 0 Å². The molecule has 3 rings (SSSR count). The Morgan fingerprint density at radius 1 is 1.31 bits per heavy atom. The zero-order valence-electron chi connectivity index (χ0n) is 15.3. The van der Waals surface area contributed by atoms with Gasteiger partial charge in [-0.1, -0.05) is 43.2 Å². The average Bonchev–Trinajstić information content (AvgIpc) is 3.25. The molecule has 2 aromatic rings. The summed E-state index contributed by atoms with van der Waals surface area (Å²) in [6.45, 7) is 4.21. The monoisotopic (exact) mass is 348 g/mol. The van der Waals surface area contributed by atoms with Crippen LogP contribution in [-0.4, -0.2) is 16.7 Å². The highest BCUT2D eigenvalue weighted by Gasteiger charge is 2.21. The Kier molecular flexibility index (Phi) is 5.52. The molecular weight excluding hydrogens is 324 g/mol. The van der Waals surface area contributed by atoms with Crippen LogP contribution in [0.5, 0.6) is 0 Å². The van der Waals surface area contributed by atoms with E-state index in [0.29, 0.717) is 11.6 Å². The van der Waals surface area contributed by atoms with Crippen molar-refractivity contribution in [2.75, 3.05) is 0 Å². The third-order valence-electron chi connectivity index (χ3n) is 5.12. The normalized spacial score (nSPS) is 15.9. The van der Waals surface area contributed by atoms with Crippen molar-refractivity contribution in [1.82, 2.24) is 9.99 Å². The Bertz CT molecular complexity index is 839. The molecule has 1 aliphatic rings. The first-order valence-electron chi connectivity index (χ1n) is 9.07. The van der Waals surface area contributed by atoms with Gasteiger partial charge in [0.05, 0.1) is 12.3 Å². The lowest BCUT2D eigenvalue weighted by Gasteiger charge is -2.17. The number of carbonyl (C=O) groups is 1. The van der Waals surface area contributed by atoms with Gasteiger partial charge in [-0.2, -0.15) is 10.4 Å². The lowest BCUT2D eigenvalue weighted by Crippen LogP contribution is -2.24. The van der Waals surface area contributed by atoms with Gasteiger partial charge in [0.2, 0.25) is 0 Å². The number of nitrogens with one attached hydrogen (secondary N) is 1. The fourth-order valence-corrected chi connectivity index (χ4v) is 3.82. The molecule has 0 spiro atoms. The highest BCUT2D eigenvalue weighted by molar-refractivity contribution is 5.88. The molecule has 0 unspecified atom stereocenters. The molecule has 1 aromatic carbocycles. The van der Waals surface area contributed by atoms with Crippen molar-refractivity contribution in [3.63, 3.8) is 0 Å². The molecular formula is C21H24N4O. The zero-order chi connectivity index (χ0) is 18.5. The van der Waals surface area contributed by atoms with Crippen molar-refractivity contribution in [2.24, 2.45) is 5.10 Å². The van der Waals surface area contributed by atoms with E-state index < -0.39 is 11.8 Å². The topological polar surface area (TPSA) is 70.2 Å². The summed E-state index contributed by atoms with van der Waals surface area (Å²) in [4.78, 5) is 12.3. The Morgan fingerprint density at radius 2 is 2.00 bits per heavy atom. The highest BCUT2D eigenvalue weighted by atomic mass is 16.2. The minimum absolute atomic E-state index is 0.417. The van der Waals surface area contributed by atoms with Crippen LogP contribution < -0.4 is 5.43 Å². The van der Waals surface area contributed by atoms with Gasteiger partial charge in [0, 0.05) is 23.0 Å². The van der Waals surface area contributed by atoms with Crippen LogP contribution in [0.2, 0.25) is 0 Å². The molecule has 5 heteroatoms. The molecule has 134 valence electrons. The maximum atomic E-state index is 12.3. The van der Waals surface area contributed by atoms with Crippen molar-refractivity contribution in [3.05, 3.63) is 58.9 Å². The minimum atomic E-state index is -0.862. The Balaban J connectivity index is 1.70.